The lowest BCUT2D eigenvalue weighted by atomic mass is 9.63. The lowest BCUT2D eigenvalue weighted by molar-refractivity contribution is 0.00537. The third-order valence-corrected chi connectivity index (χ3v) is 4.38. The summed E-state index contributed by atoms with van der Waals surface area (Å²) in [6.45, 7) is 4.45. The molecule has 0 aliphatic heterocycles. The summed E-state index contributed by atoms with van der Waals surface area (Å²) in [7, 11) is 1.85. The van der Waals surface area contributed by atoms with Crippen molar-refractivity contribution in [3.63, 3.8) is 0 Å². The molecule has 1 saturated carbocycles. The fraction of sp³-hybridized carbons (Fsp3) is 0.714. The van der Waals surface area contributed by atoms with Gasteiger partial charge < -0.3 is 9.67 Å². The van der Waals surface area contributed by atoms with Crippen LogP contribution in [0.2, 0.25) is 0 Å². The maximum atomic E-state index is 10.6. The summed E-state index contributed by atoms with van der Waals surface area (Å²) < 4.78 is 1.80. The monoisotopic (exact) mass is 247 g/mol. The zero-order chi connectivity index (χ0) is 13.4. The largest absolute Gasteiger partial charge is 0.385 e. The third kappa shape index (κ3) is 2.15. The number of nitrogens with zero attached hydrogens (tertiary/aromatic N) is 3. The zero-order valence-corrected chi connectivity index (χ0v) is 11.3. The van der Waals surface area contributed by atoms with Crippen LogP contribution in [-0.2, 0) is 7.05 Å². The fourth-order valence-electron chi connectivity index (χ4n) is 2.73. The van der Waals surface area contributed by atoms with Crippen LogP contribution in [0.1, 0.15) is 51.3 Å². The van der Waals surface area contributed by atoms with Gasteiger partial charge in [0, 0.05) is 7.05 Å². The minimum absolute atomic E-state index is 0.284. The van der Waals surface area contributed by atoms with Crippen LogP contribution in [0.25, 0.3) is 0 Å². The Bertz CT molecular complexity index is 460. The summed E-state index contributed by atoms with van der Waals surface area (Å²) in [4.78, 5) is 4.03. The number of aliphatic hydroxyl groups is 1. The number of aryl methyl sites for hydroxylation is 1. The van der Waals surface area contributed by atoms with Crippen LogP contribution in [0.15, 0.2) is 12.5 Å². The van der Waals surface area contributed by atoms with Gasteiger partial charge in [-0.1, -0.05) is 13.8 Å². The number of hydrogen-bond acceptors (Lipinski definition) is 3. The second-order valence-electron chi connectivity index (χ2n) is 6.26. The van der Waals surface area contributed by atoms with Crippen molar-refractivity contribution >= 4 is 0 Å². The molecule has 1 fully saturated rings. The molecule has 1 unspecified atom stereocenters. The maximum Gasteiger partial charge on any atom is 0.114 e. The molecule has 1 aliphatic carbocycles. The number of rotatable bonds is 2. The zero-order valence-electron chi connectivity index (χ0n) is 11.3. The molecular formula is C14H21N3O. The van der Waals surface area contributed by atoms with Gasteiger partial charge in [0.25, 0.3) is 0 Å². The maximum absolute atomic E-state index is 10.6. The topological polar surface area (TPSA) is 61.8 Å². The van der Waals surface area contributed by atoms with Gasteiger partial charge in [-0.3, -0.25) is 0 Å². The lowest BCUT2D eigenvalue weighted by Crippen LogP contribution is -2.35. The Labute approximate surface area is 108 Å². The molecule has 4 heteroatoms. The van der Waals surface area contributed by atoms with Crippen molar-refractivity contribution in [2.75, 3.05) is 0 Å². The minimum Gasteiger partial charge on any atom is -0.385 e. The first-order valence-electron chi connectivity index (χ1n) is 6.46. The molecule has 1 aliphatic rings. The second-order valence-corrected chi connectivity index (χ2v) is 6.26. The van der Waals surface area contributed by atoms with Gasteiger partial charge in [0.1, 0.15) is 6.10 Å². The fourth-order valence-corrected chi connectivity index (χ4v) is 2.73. The molecule has 0 amide bonds. The first-order chi connectivity index (χ1) is 8.40. The Morgan fingerprint density at radius 3 is 2.44 bits per heavy atom. The van der Waals surface area contributed by atoms with Crippen LogP contribution < -0.4 is 0 Å². The highest BCUT2D eigenvalue weighted by Gasteiger charge is 2.45. The molecule has 1 atom stereocenters. The molecule has 0 radical (unpaired) electrons. The molecule has 98 valence electrons. The van der Waals surface area contributed by atoms with Crippen LogP contribution >= 0.6 is 0 Å². The van der Waals surface area contributed by atoms with Crippen molar-refractivity contribution in [3.8, 4) is 6.07 Å². The van der Waals surface area contributed by atoms with Crippen molar-refractivity contribution in [2.45, 2.75) is 45.6 Å². The first kappa shape index (κ1) is 13.1. The molecule has 4 nitrogen and oxygen atoms in total. The second kappa shape index (κ2) is 4.40. The van der Waals surface area contributed by atoms with E-state index in [-0.39, 0.29) is 5.41 Å². The standard InChI is InChI=1S/C14H21N3O/c1-13(2)4-6-14(9-15,7-5-13)12(18)11-8-16-10-17(11)3/h8,10,12,18H,4-7H2,1-3H3. The molecule has 0 saturated heterocycles. The van der Waals surface area contributed by atoms with Gasteiger partial charge in [0.2, 0.25) is 0 Å². The highest BCUT2D eigenvalue weighted by Crippen LogP contribution is 2.50. The van der Waals surface area contributed by atoms with Gasteiger partial charge in [-0.15, -0.1) is 0 Å². The normalized spacial score (nSPS) is 23.3. The van der Waals surface area contributed by atoms with Crippen molar-refractivity contribution in [3.05, 3.63) is 18.2 Å². The molecule has 0 bridgehead atoms. The molecule has 18 heavy (non-hydrogen) atoms. The quantitative estimate of drug-likeness (QED) is 0.873. The Balaban J connectivity index is 2.25. The predicted molar refractivity (Wildman–Crippen MR) is 68.5 cm³/mol. The minimum atomic E-state index is -0.744. The van der Waals surface area contributed by atoms with Crippen molar-refractivity contribution in [1.82, 2.24) is 9.55 Å². The SMILES string of the molecule is Cn1cncc1C(O)C1(C#N)CCC(C)(C)CC1. The van der Waals surface area contributed by atoms with Crippen LogP contribution in [0, 0.1) is 22.2 Å². The number of hydrogen-bond donors (Lipinski definition) is 1. The summed E-state index contributed by atoms with van der Waals surface area (Å²) in [6.07, 6.45) is 6.04. The van der Waals surface area contributed by atoms with E-state index in [4.69, 9.17) is 0 Å². The van der Waals surface area contributed by atoms with Gasteiger partial charge in [0.05, 0.1) is 29.7 Å². The molecule has 0 spiro atoms. The van der Waals surface area contributed by atoms with Crippen LogP contribution in [0.3, 0.4) is 0 Å². The molecule has 1 aromatic rings. The van der Waals surface area contributed by atoms with Gasteiger partial charge >= 0.3 is 0 Å². The van der Waals surface area contributed by atoms with Crippen LogP contribution in [0.5, 0.6) is 0 Å². The Hall–Kier alpha value is -1.34. The van der Waals surface area contributed by atoms with Crippen LogP contribution in [-0.4, -0.2) is 14.7 Å². The Morgan fingerprint density at radius 1 is 1.39 bits per heavy atom. The molecule has 1 heterocycles. The molecule has 1 N–H and O–H groups in total. The summed E-state index contributed by atoms with van der Waals surface area (Å²) in [5, 5.41) is 20.1. The van der Waals surface area contributed by atoms with E-state index in [1.54, 1.807) is 17.1 Å². The van der Waals surface area contributed by atoms with E-state index in [9.17, 15) is 10.4 Å². The van der Waals surface area contributed by atoms with E-state index in [0.29, 0.717) is 0 Å². The van der Waals surface area contributed by atoms with Crippen molar-refractivity contribution < 1.29 is 5.11 Å². The molecule has 2 rings (SSSR count). The molecular weight excluding hydrogens is 226 g/mol. The van der Waals surface area contributed by atoms with E-state index in [1.165, 1.54) is 0 Å². The van der Waals surface area contributed by atoms with Crippen LogP contribution in [0.4, 0.5) is 0 Å². The number of imidazole rings is 1. The van der Waals surface area contributed by atoms with E-state index in [2.05, 4.69) is 24.9 Å². The average Bonchev–Trinajstić information content (AvgIpc) is 2.75. The summed E-state index contributed by atoms with van der Waals surface area (Å²) in [5.41, 5.74) is 0.367. The van der Waals surface area contributed by atoms with E-state index >= 15 is 0 Å². The predicted octanol–water partition coefficient (Wildman–Crippen LogP) is 2.56. The number of nitriles is 1. The van der Waals surface area contributed by atoms with Gasteiger partial charge in [-0.2, -0.15) is 5.26 Å². The molecule has 1 aromatic heterocycles. The summed E-state index contributed by atoms with van der Waals surface area (Å²) in [6, 6.07) is 2.38. The average molecular weight is 247 g/mol. The smallest absolute Gasteiger partial charge is 0.114 e. The van der Waals surface area contributed by atoms with E-state index in [1.807, 2.05) is 7.05 Å². The van der Waals surface area contributed by atoms with Gasteiger partial charge in [0.15, 0.2) is 0 Å². The third-order valence-electron chi connectivity index (χ3n) is 4.38. The molecule has 0 aromatic carbocycles. The van der Waals surface area contributed by atoms with Crippen molar-refractivity contribution in [1.29, 1.82) is 5.26 Å². The summed E-state index contributed by atoms with van der Waals surface area (Å²) >= 11 is 0. The Kier molecular flexibility index (Phi) is 3.20. The number of aromatic nitrogens is 2. The lowest BCUT2D eigenvalue weighted by Gasteiger charge is -2.41. The van der Waals surface area contributed by atoms with E-state index < -0.39 is 11.5 Å². The van der Waals surface area contributed by atoms with Gasteiger partial charge in [-0.05, 0) is 31.1 Å². The highest BCUT2D eigenvalue weighted by atomic mass is 16.3. The Morgan fingerprint density at radius 2 is 2.00 bits per heavy atom. The highest BCUT2D eigenvalue weighted by molar-refractivity contribution is 5.16. The van der Waals surface area contributed by atoms with Gasteiger partial charge in [-0.25, -0.2) is 4.98 Å². The van der Waals surface area contributed by atoms with E-state index in [0.717, 1.165) is 31.4 Å². The number of aliphatic hydroxyl groups excluding tert-OH is 1. The summed E-state index contributed by atoms with van der Waals surface area (Å²) in [5.74, 6) is 0. The first-order valence-corrected chi connectivity index (χ1v) is 6.46. The van der Waals surface area contributed by atoms with Crippen molar-refractivity contribution in [2.24, 2.45) is 17.9 Å².